The first-order valence-corrected chi connectivity index (χ1v) is 7.47. The van der Waals surface area contributed by atoms with Crippen LogP contribution in [0.25, 0.3) is 0 Å². The van der Waals surface area contributed by atoms with Crippen LogP contribution in [0.15, 0.2) is 46.9 Å². The van der Waals surface area contributed by atoms with Gasteiger partial charge in [0.05, 0.1) is 7.11 Å². The average Bonchev–Trinajstić information content (AvgIpc) is 2.47. The van der Waals surface area contributed by atoms with Crippen molar-refractivity contribution in [3.8, 4) is 0 Å². The van der Waals surface area contributed by atoms with Gasteiger partial charge in [-0.05, 0) is 48.7 Å². The van der Waals surface area contributed by atoms with Crippen LogP contribution in [0.2, 0.25) is 0 Å². The third kappa shape index (κ3) is 3.85. The molecule has 3 nitrogen and oxygen atoms in total. The van der Waals surface area contributed by atoms with Gasteiger partial charge in [-0.25, -0.2) is 4.79 Å². The fourth-order valence-electron chi connectivity index (χ4n) is 2.09. The molecule has 4 heteroatoms. The molecule has 0 radical (unpaired) electrons. The molecular weight excluding hydrogens is 330 g/mol. The second-order valence-electron chi connectivity index (χ2n) is 4.98. The lowest BCUT2D eigenvalue weighted by Crippen LogP contribution is -2.22. The summed E-state index contributed by atoms with van der Waals surface area (Å²) in [5.41, 5.74) is 4.01. The predicted molar refractivity (Wildman–Crippen MR) is 88.4 cm³/mol. The summed E-state index contributed by atoms with van der Waals surface area (Å²) < 4.78 is 5.89. The van der Waals surface area contributed by atoms with Crippen molar-refractivity contribution >= 4 is 27.6 Å². The van der Waals surface area contributed by atoms with E-state index in [1.807, 2.05) is 56.3 Å². The summed E-state index contributed by atoms with van der Waals surface area (Å²) in [6.45, 7) is 4.02. The highest BCUT2D eigenvalue weighted by atomic mass is 79.9. The third-order valence-corrected chi connectivity index (χ3v) is 4.15. The van der Waals surface area contributed by atoms with Crippen molar-refractivity contribution in [2.75, 3.05) is 12.4 Å². The Morgan fingerprint density at radius 3 is 2.57 bits per heavy atom. The molecular formula is C17H18BrNO2. The molecule has 0 bridgehead atoms. The van der Waals surface area contributed by atoms with Gasteiger partial charge in [0.15, 0.2) is 6.04 Å². The number of rotatable bonds is 4. The molecule has 110 valence electrons. The van der Waals surface area contributed by atoms with E-state index in [4.69, 9.17) is 4.74 Å². The molecule has 1 N–H and O–H groups in total. The maximum absolute atomic E-state index is 12.1. The van der Waals surface area contributed by atoms with Crippen LogP contribution in [0, 0.1) is 13.8 Å². The molecule has 0 saturated heterocycles. The number of ether oxygens (including phenoxy) is 1. The lowest BCUT2D eigenvalue weighted by molar-refractivity contribution is -0.141. The van der Waals surface area contributed by atoms with Crippen molar-refractivity contribution in [3.05, 3.63) is 63.6 Å². The average molecular weight is 348 g/mol. The zero-order valence-electron chi connectivity index (χ0n) is 12.3. The van der Waals surface area contributed by atoms with Crippen LogP contribution in [0.1, 0.15) is 22.7 Å². The number of carbonyl (C=O) groups excluding carboxylic acids is 1. The molecule has 0 saturated carbocycles. The SMILES string of the molecule is COC(=O)C(Nc1cccc(C)c1)c1ccc(C)c(Br)c1. The molecule has 0 amide bonds. The maximum Gasteiger partial charge on any atom is 0.332 e. The number of halogens is 1. The second-order valence-corrected chi connectivity index (χ2v) is 5.83. The molecule has 1 atom stereocenters. The van der Waals surface area contributed by atoms with Crippen molar-refractivity contribution in [3.63, 3.8) is 0 Å². The number of hydrogen-bond donors (Lipinski definition) is 1. The molecule has 21 heavy (non-hydrogen) atoms. The van der Waals surface area contributed by atoms with E-state index in [0.29, 0.717) is 0 Å². The molecule has 0 spiro atoms. The first kappa shape index (κ1) is 15.6. The third-order valence-electron chi connectivity index (χ3n) is 3.30. The minimum absolute atomic E-state index is 0.313. The Bertz CT molecular complexity index is 655. The fraction of sp³-hybridized carbons (Fsp3) is 0.235. The first-order chi connectivity index (χ1) is 10.0. The van der Waals surface area contributed by atoms with Crippen LogP contribution in [-0.4, -0.2) is 13.1 Å². The van der Waals surface area contributed by atoms with Crippen LogP contribution in [0.5, 0.6) is 0 Å². The Morgan fingerprint density at radius 2 is 1.95 bits per heavy atom. The number of benzene rings is 2. The summed E-state index contributed by atoms with van der Waals surface area (Å²) in [6, 6.07) is 13.2. The molecule has 2 aromatic carbocycles. The van der Waals surface area contributed by atoms with Gasteiger partial charge in [0.2, 0.25) is 0 Å². The van der Waals surface area contributed by atoms with E-state index in [2.05, 4.69) is 21.2 Å². The number of esters is 1. The number of nitrogens with one attached hydrogen (secondary N) is 1. The largest absolute Gasteiger partial charge is 0.467 e. The molecule has 0 aromatic heterocycles. The van der Waals surface area contributed by atoms with Gasteiger partial charge in [-0.1, -0.05) is 40.2 Å². The molecule has 2 aromatic rings. The van der Waals surface area contributed by atoms with Crippen molar-refractivity contribution in [1.82, 2.24) is 0 Å². The quantitative estimate of drug-likeness (QED) is 0.833. The zero-order valence-corrected chi connectivity index (χ0v) is 13.9. The Balaban J connectivity index is 2.34. The molecule has 2 rings (SSSR count). The van der Waals surface area contributed by atoms with E-state index < -0.39 is 6.04 Å². The summed E-state index contributed by atoms with van der Waals surface area (Å²) in [7, 11) is 1.40. The zero-order chi connectivity index (χ0) is 15.4. The highest BCUT2D eigenvalue weighted by Crippen LogP contribution is 2.26. The normalized spacial score (nSPS) is 11.8. The van der Waals surface area contributed by atoms with Crippen LogP contribution in [0.3, 0.4) is 0 Å². The van der Waals surface area contributed by atoms with Crippen molar-refractivity contribution < 1.29 is 9.53 Å². The van der Waals surface area contributed by atoms with Crippen LogP contribution in [0.4, 0.5) is 5.69 Å². The van der Waals surface area contributed by atoms with Crippen molar-refractivity contribution in [1.29, 1.82) is 0 Å². The second kappa shape index (κ2) is 6.76. The van der Waals surface area contributed by atoms with Gasteiger partial charge in [-0.3, -0.25) is 0 Å². The molecule has 0 aliphatic carbocycles. The molecule has 0 aliphatic rings. The van der Waals surface area contributed by atoms with Gasteiger partial charge < -0.3 is 10.1 Å². The molecule has 0 fully saturated rings. The predicted octanol–water partition coefficient (Wildman–Crippen LogP) is 4.39. The summed E-state index contributed by atoms with van der Waals surface area (Å²) in [4.78, 5) is 12.1. The maximum atomic E-state index is 12.1. The summed E-state index contributed by atoms with van der Waals surface area (Å²) in [5.74, 6) is -0.313. The van der Waals surface area contributed by atoms with Gasteiger partial charge >= 0.3 is 5.97 Å². The lowest BCUT2D eigenvalue weighted by atomic mass is 10.0. The number of anilines is 1. The van der Waals surface area contributed by atoms with Gasteiger partial charge in [0.1, 0.15) is 0 Å². The highest BCUT2D eigenvalue weighted by molar-refractivity contribution is 9.10. The van der Waals surface area contributed by atoms with E-state index in [1.165, 1.54) is 7.11 Å². The van der Waals surface area contributed by atoms with Crippen LogP contribution in [-0.2, 0) is 9.53 Å². The highest BCUT2D eigenvalue weighted by Gasteiger charge is 2.21. The fourth-order valence-corrected chi connectivity index (χ4v) is 2.48. The topological polar surface area (TPSA) is 38.3 Å². The van der Waals surface area contributed by atoms with E-state index in [1.54, 1.807) is 0 Å². The molecule has 1 unspecified atom stereocenters. The standard InChI is InChI=1S/C17H18BrNO2/c1-11-5-4-6-14(9-11)19-16(17(20)21-3)13-8-7-12(2)15(18)10-13/h4-10,16,19H,1-3H3. The van der Waals surface area contributed by atoms with Gasteiger partial charge in [0.25, 0.3) is 0 Å². The number of carbonyl (C=O) groups is 1. The Morgan fingerprint density at radius 1 is 1.19 bits per heavy atom. The Kier molecular flexibility index (Phi) is 5.02. The molecule has 0 aliphatic heterocycles. The van der Waals surface area contributed by atoms with E-state index in [-0.39, 0.29) is 5.97 Å². The van der Waals surface area contributed by atoms with E-state index in [9.17, 15) is 4.79 Å². The summed E-state index contributed by atoms with van der Waals surface area (Å²) >= 11 is 3.50. The van der Waals surface area contributed by atoms with Crippen LogP contribution >= 0.6 is 15.9 Å². The van der Waals surface area contributed by atoms with Gasteiger partial charge in [-0.2, -0.15) is 0 Å². The number of methoxy groups -OCH3 is 1. The summed E-state index contributed by atoms with van der Waals surface area (Å²) in [5, 5.41) is 3.24. The first-order valence-electron chi connectivity index (χ1n) is 6.68. The smallest absolute Gasteiger partial charge is 0.332 e. The number of hydrogen-bond acceptors (Lipinski definition) is 3. The van der Waals surface area contributed by atoms with E-state index in [0.717, 1.165) is 26.9 Å². The monoisotopic (exact) mass is 347 g/mol. The van der Waals surface area contributed by atoms with E-state index >= 15 is 0 Å². The molecule has 0 heterocycles. The summed E-state index contributed by atoms with van der Waals surface area (Å²) in [6.07, 6.45) is 0. The lowest BCUT2D eigenvalue weighted by Gasteiger charge is -2.19. The van der Waals surface area contributed by atoms with Crippen LogP contribution < -0.4 is 5.32 Å². The minimum atomic E-state index is -0.534. The Hall–Kier alpha value is -1.81. The van der Waals surface area contributed by atoms with Gasteiger partial charge in [-0.15, -0.1) is 0 Å². The Labute approximate surface area is 133 Å². The number of aryl methyl sites for hydroxylation is 2. The minimum Gasteiger partial charge on any atom is -0.467 e. The van der Waals surface area contributed by atoms with Crippen molar-refractivity contribution in [2.24, 2.45) is 0 Å². The van der Waals surface area contributed by atoms with Crippen molar-refractivity contribution in [2.45, 2.75) is 19.9 Å². The van der Waals surface area contributed by atoms with Gasteiger partial charge in [0, 0.05) is 10.2 Å².